The number of carbonyl (C=O) groups excluding carboxylic acids is 1. The number of carbonyl (C=O) groups is 1. The van der Waals surface area contributed by atoms with Gasteiger partial charge in [-0.2, -0.15) is 5.10 Å². The first-order valence-corrected chi connectivity index (χ1v) is 6.75. The Morgan fingerprint density at radius 1 is 1.42 bits per heavy atom. The highest BCUT2D eigenvalue weighted by molar-refractivity contribution is 9.10. The van der Waals surface area contributed by atoms with E-state index < -0.39 is 0 Å². The van der Waals surface area contributed by atoms with Crippen molar-refractivity contribution in [1.82, 2.24) is 15.1 Å². The molecule has 0 spiro atoms. The van der Waals surface area contributed by atoms with Gasteiger partial charge in [-0.05, 0) is 24.6 Å². The predicted octanol–water partition coefficient (Wildman–Crippen LogP) is 2.18. The van der Waals surface area contributed by atoms with Crippen molar-refractivity contribution in [2.45, 2.75) is 20.0 Å². The zero-order chi connectivity index (χ0) is 13.8. The van der Waals surface area contributed by atoms with Gasteiger partial charge in [0.2, 0.25) is 0 Å². The van der Waals surface area contributed by atoms with Gasteiger partial charge in [-0.25, -0.2) is 0 Å². The molecule has 0 aliphatic carbocycles. The first-order valence-electron chi connectivity index (χ1n) is 5.95. The molecule has 0 radical (unpaired) electrons. The van der Waals surface area contributed by atoms with Gasteiger partial charge in [0.15, 0.2) is 5.69 Å². The number of benzene rings is 1. The van der Waals surface area contributed by atoms with Crippen LogP contribution in [-0.4, -0.2) is 15.7 Å². The van der Waals surface area contributed by atoms with Gasteiger partial charge in [-0.15, -0.1) is 0 Å². The first kappa shape index (κ1) is 13.6. The average molecular weight is 323 g/mol. The van der Waals surface area contributed by atoms with Crippen LogP contribution in [0, 0.1) is 0 Å². The van der Waals surface area contributed by atoms with Gasteiger partial charge >= 0.3 is 0 Å². The quantitative estimate of drug-likeness (QED) is 0.906. The van der Waals surface area contributed by atoms with Crippen molar-refractivity contribution in [2.24, 2.45) is 0 Å². The summed E-state index contributed by atoms with van der Waals surface area (Å²) >= 11 is 3.37. The number of nitrogens with zero attached hydrogens (tertiary/aromatic N) is 2. The van der Waals surface area contributed by atoms with E-state index in [1.54, 1.807) is 10.9 Å². The van der Waals surface area contributed by atoms with E-state index in [9.17, 15) is 4.79 Å². The maximum atomic E-state index is 12.0. The molecule has 0 saturated heterocycles. The number of nitrogens with one attached hydrogen (secondary N) is 1. The van der Waals surface area contributed by atoms with E-state index in [0.717, 1.165) is 10.0 Å². The Labute approximate surface area is 119 Å². The fraction of sp³-hybridized carbons (Fsp3) is 0.231. The summed E-state index contributed by atoms with van der Waals surface area (Å²) in [4.78, 5) is 12.0. The highest BCUT2D eigenvalue weighted by Crippen LogP contribution is 2.11. The molecule has 0 fully saturated rings. The summed E-state index contributed by atoms with van der Waals surface area (Å²) in [5, 5.41) is 6.93. The largest absolute Gasteiger partial charge is 0.396 e. The average Bonchev–Trinajstić information content (AvgIpc) is 2.79. The second-order valence-corrected chi connectivity index (χ2v) is 5.01. The van der Waals surface area contributed by atoms with E-state index in [0.29, 0.717) is 18.8 Å². The number of aryl methyl sites for hydroxylation is 1. The molecule has 0 aliphatic heterocycles. The number of aromatic nitrogens is 2. The third-order valence-corrected chi connectivity index (χ3v) is 3.22. The summed E-state index contributed by atoms with van der Waals surface area (Å²) in [6.45, 7) is 3.07. The molecule has 1 aromatic carbocycles. The summed E-state index contributed by atoms with van der Waals surface area (Å²) in [6.07, 6.45) is 1.66. The molecule has 0 bridgehead atoms. The number of rotatable bonds is 4. The molecule has 1 aromatic heterocycles. The van der Waals surface area contributed by atoms with Crippen molar-refractivity contribution in [3.63, 3.8) is 0 Å². The van der Waals surface area contributed by atoms with Gasteiger partial charge < -0.3 is 11.1 Å². The Kier molecular flexibility index (Phi) is 4.21. The summed E-state index contributed by atoms with van der Waals surface area (Å²) in [6, 6.07) is 7.75. The molecule has 0 saturated carbocycles. The van der Waals surface area contributed by atoms with Crippen LogP contribution < -0.4 is 11.1 Å². The van der Waals surface area contributed by atoms with Gasteiger partial charge in [-0.3, -0.25) is 9.48 Å². The lowest BCUT2D eigenvalue weighted by atomic mass is 10.2. The number of hydrogen-bond donors (Lipinski definition) is 2. The standard InChI is InChI=1S/C13H15BrN4O/c1-2-18-8-11(15)12(17-18)13(19)16-7-9-3-5-10(14)6-4-9/h3-6,8H,2,7,15H2,1H3,(H,16,19). The lowest BCUT2D eigenvalue weighted by molar-refractivity contribution is 0.0946. The van der Waals surface area contributed by atoms with Gasteiger partial charge in [0.05, 0.1) is 5.69 Å². The zero-order valence-corrected chi connectivity index (χ0v) is 12.1. The molecule has 0 atom stereocenters. The van der Waals surface area contributed by atoms with Crippen LogP contribution in [0.2, 0.25) is 0 Å². The Bertz CT molecular complexity index is 577. The fourth-order valence-corrected chi connectivity index (χ4v) is 1.91. The maximum absolute atomic E-state index is 12.0. The molecule has 5 nitrogen and oxygen atoms in total. The molecule has 100 valence electrons. The fourth-order valence-electron chi connectivity index (χ4n) is 1.64. The number of halogens is 1. The van der Waals surface area contributed by atoms with Gasteiger partial charge in [0.1, 0.15) is 0 Å². The molecule has 0 aliphatic rings. The Morgan fingerprint density at radius 3 is 2.68 bits per heavy atom. The Hall–Kier alpha value is -1.82. The minimum Gasteiger partial charge on any atom is -0.396 e. The Morgan fingerprint density at radius 2 is 2.11 bits per heavy atom. The molecule has 1 amide bonds. The van der Waals surface area contributed by atoms with Crippen molar-refractivity contribution < 1.29 is 4.79 Å². The van der Waals surface area contributed by atoms with Gasteiger partial charge in [0, 0.05) is 23.8 Å². The first-order chi connectivity index (χ1) is 9.10. The number of nitrogen functional groups attached to an aromatic ring is 1. The monoisotopic (exact) mass is 322 g/mol. The molecule has 1 heterocycles. The SMILES string of the molecule is CCn1cc(N)c(C(=O)NCc2ccc(Br)cc2)n1. The van der Waals surface area contributed by atoms with Crippen LogP contribution in [0.3, 0.4) is 0 Å². The molecule has 6 heteroatoms. The molecule has 0 unspecified atom stereocenters. The van der Waals surface area contributed by atoms with E-state index >= 15 is 0 Å². The minimum atomic E-state index is -0.257. The number of hydrogen-bond acceptors (Lipinski definition) is 3. The van der Waals surface area contributed by atoms with Crippen molar-refractivity contribution in [1.29, 1.82) is 0 Å². The van der Waals surface area contributed by atoms with Crippen LogP contribution in [0.4, 0.5) is 5.69 Å². The number of nitrogens with two attached hydrogens (primary N) is 1. The van der Waals surface area contributed by atoms with Crippen molar-refractivity contribution in [2.75, 3.05) is 5.73 Å². The second kappa shape index (κ2) is 5.88. The van der Waals surface area contributed by atoms with E-state index in [2.05, 4.69) is 26.3 Å². The minimum absolute atomic E-state index is 0.257. The topological polar surface area (TPSA) is 72.9 Å². The molecular formula is C13H15BrN4O. The van der Waals surface area contributed by atoms with Crippen LogP contribution in [-0.2, 0) is 13.1 Å². The molecule has 2 rings (SSSR count). The van der Waals surface area contributed by atoms with Crippen molar-refractivity contribution >= 4 is 27.5 Å². The molecule has 2 aromatic rings. The third kappa shape index (κ3) is 3.35. The van der Waals surface area contributed by atoms with E-state index in [1.165, 1.54) is 0 Å². The van der Waals surface area contributed by atoms with Crippen LogP contribution >= 0.6 is 15.9 Å². The normalized spacial score (nSPS) is 10.4. The summed E-state index contributed by atoms with van der Waals surface area (Å²) in [7, 11) is 0. The summed E-state index contributed by atoms with van der Waals surface area (Å²) < 4.78 is 2.65. The summed E-state index contributed by atoms with van der Waals surface area (Å²) in [5.74, 6) is -0.257. The lowest BCUT2D eigenvalue weighted by Crippen LogP contribution is -2.24. The van der Waals surface area contributed by atoms with Crippen LogP contribution in [0.25, 0.3) is 0 Å². The number of amides is 1. The van der Waals surface area contributed by atoms with Crippen LogP contribution in [0.15, 0.2) is 34.9 Å². The number of anilines is 1. The van der Waals surface area contributed by atoms with E-state index in [1.807, 2.05) is 31.2 Å². The van der Waals surface area contributed by atoms with Gasteiger partial charge in [-0.1, -0.05) is 28.1 Å². The van der Waals surface area contributed by atoms with Crippen molar-refractivity contribution in [3.05, 3.63) is 46.2 Å². The summed E-state index contributed by atoms with van der Waals surface area (Å²) in [5.41, 5.74) is 7.45. The van der Waals surface area contributed by atoms with Gasteiger partial charge in [0.25, 0.3) is 5.91 Å². The molecule has 3 N–H and O–H groups in total. The van der Waals surface area contributed by atoms with Crippen LogP contribution in [0.1, 0.15) is 23.0 Å². The molecular weight excluding hydrogens is 308 g/mol. The van der Waals surface area contributed by atoms with Crippen molar-refractivity contribution in [3.8, 4) is 0 Å². The second-order valence-electron chi connectivity index (χ2n) is 4.10. The lowest BCUT2D eigenvalue weighted by Gasteiger charge is -2.04. The maximum Gasteiger partial charge on any atom is 0.274 e. The van der Waals surface area contributed by atoms with Crippen LogP contribution in [0.5, 0.6) is 0 Å². The highest BCUT2D eigenvalue weighted by atomic mass is 79.9. The molecule has 19 heavy (non-hydrogen) atoms. The smallest absolute Gasteiger partial charge is 0.274 e. The predicted molar refractivity (Wildman–Crippen MR) is 77.6 cm³/mol. The Balaban J connectivity index is 2.01. The highest BCUT2D eigenvalue weighted by Gasteiger charge is 2.13. The van der Waals surface area contributed by atoms with E-state index in [4.69, 9.17) is 5.73 Å². The third-order valence-electron chi connectivity index (χ3n) is 2.70. The zero-order valence-electron chi connectivity index (χ0n) is 10.6. The van der Waals surface area contributed by atoms with E-state index in [-0.39, 0.29) is 11.6 Å².